The van der Waals surface area contributed by atoms with Crippen molar-refractivity contribution in [1.29, 1.82) is 0 Å². The molecule has 2 aromatic rings. The fraction of sp³-hybridized carbons (Fsp3) is 0.567. The van der Waals surface area contributed by atoms with Crippen LogP contribution in [0, 0.1) is 17.0 Å². The predicted octanol–water partition coefficient (Wildman–Crippen LogP) is 5.20. The Morgan fingerprint density at radius 2 is 1.83 bits per heavy atom. The second-order valence-electron chi connectivity index (χ2n) is 11.5. The molecule has 1 amide bonds. The number of ether oxygens (including phenoxy) is 2. The zero-order chi connectivity index (χ0) is 30.0. The van der Waals surface area contributed by atoms with Crippen molar-refractivity contribution in [2.45, 2.75) is 76.4 Å². The first-order chi connectivity index (χ1) is 20.0. The van der Waals surface area contributed by atoms with E-state index in [0.29, 0.717) is 38.8 Å². The number of benzene rings is 2. The van der Waals surface area contributed by atoms with E-state index in [1.54, 1.807) is 0 Å². The predicted molar refractivity (Wildman–Crippen MR) is 151 cm³/mol. The molecule has 12 heteroatoms. The minimum atomic E-state index is -4.82. The van der Waals surface area contributed by atoms with Crippen LogP contribution >= 0.6 is 0 Å². The maximum Gasteiger partial charge on any atom is 0.423 e. The number of aryl methyl sites for hydroxylation is 1. The topological polar surface area (TPSA) is 97.2 Å². The molecule has 0 radical (unpaired) electrons. The average Bonchev–Trinajstić information content (AvgIpc) is 3.39. The van der Waals surface area contributed by atoms with Gasteiger partial charge >= 0.3 is 6.18 Å². The summed E-state index contributed by atoms with van der Waals surface area (Å²) in [6, 6.07) is 9.43. The Morgan fingerprint density at radius 1 is 1.12 bits per heavy atom. The molecule has 9 nitrogen and oxygen atoms in total. The summed E-state index contributed by atoms with van der Waals surface area (Å²) in [5, 5.41) is 14.1. The molecule has 2 aromatic carbocycles. The number of rotatable bonds is 8. The van der Waals surface area contributed by atoms with E-state index >= 15 is 0 Å². The minimum absolute atomic E-state index is 0.00993. The summed E-state index contributed by atoms with van der Waals surface area (Å²) in [5.74, 6) is 0.934. The Kier molecular flexibility index (Phi) is 8.93. The molecule has 0 bridgehead atoms. The molecule has 1 saturated carbocycles. The van der Waals surface area contributed by atoms with Crippen molar-refractivity contribution in [3.8, 4) is 5.75 Å². The molecular weight excluding hydrogens is 553 g/mol. The van der Waals surface area contributed by atoms with Crippen LogP contribution in [0.2, 0.25) is 0 Å². The smallest absolute Gasteiger partial charge is 0.423 e. The lowest BCUT2D eigenvalue weighted by molar-refractivity contribution is -0.388. The normalized spacial score (nSPS) is 23.6. The number of piperazine rings is 1. The lowest BCUT2D eigenvalue weighted by Crippen LogP contribution is -2.55. The second-order valence-corrected chi connectivity index (χ2v) is 11.5. The molecule has 2 aliphatic heterocycles. The molecule has 1 aliphatic carbocycles. The molecule has 0 aromatic heterocycles. The average molecular weight is 591 g/mol. The third kappa shape index (κ3) is 6.97. The van der Waals surface area contributed by atoms with Gasteiger partial charge in [-0.15, -0.1) is 0 Å². The van der Waals surface area contributed by atoms with Gasteiger partial charge < -0.3 is 19.7 Å². The zero-order valence-electron chi connectivity index (χ0n) is 23.9. The second kappa shape index (κ2) is 12.5. The van der Waals surface area contributed by atoms with E-state index in [4.69, 9.17) is 9.47 Å². The number of nitro benzene ring substituents is 1. The molecule has 228 valence electrons. The number of nitrogens with one attached hydrogen (secondary N) is 1. The van der Waals surface area contributed by atoms with Gasteiger partial charge in [0.15, 0.2) is 0 Å². The van der Waals surface area contributed by atoms with Crippen LogP contribution in [-0.2, 0) is 22.1 Å². The number of carbonyl (C=O) groups excluding carboxylic acids is 1. The van der Waals surface area contributed by atoms with Crippen LogP contribution in [0.4, 0.5) is 24.5 Å². The first-order valence-corrected chi connectivity index (χ1v) is 14.5. The summed E-state index contributed by atoms with van der Waals surface area (Å²) in [6.45, 7) is 7.11. The number of hydrogen-bond donors (Lipinski definition) is 1. The first-order valence-electron chi connectivity index (χ1n) is 14.5. The Morgan fingerprint density at radius 3 is 2.50 bits per heavy atom. The number of alkyl halides is 3. The first kappa shape index (κ1) is 30.1. The van der Waals surface area contributed by atoms with E-state index in [0.717, 1.165) is 37.4 Å². The molecule has 2 atom stereocenters. The van der Waals surface area contributed by atoms with Gasteiger partial charge in [-0.1, -0.05) is 17.7 Å². The standard InChI is InChI=1S/C30H37F3N4O5/c1-19-3-10-27-21(15-19)16-28(42-27)20(2)35-11-13-36(14-12-35)29(38)18-41-24-7-4-22(5-8-24)34-23-6-9-26(37(39)40)25(17-23)30(31,32)33/h3,6,9-10,15,17,20,22,24,28,34H,4-5,7-8,11-14,16,18H2,1-2H3/t20?,22-,24-,28?. The number of carbonyl (C=O) groups is 1. The van der Waals surface area contributed by atoms with E-state index < -0.39 is 22.4 Å². The van der Waals surface area contributed by atoms with Crippen LogP contribution in [0.25, 0.3) is 0 Å². The van der Waals surface area contributed by atoms with Gasteiger partial charge in [0.2, 0.25) is 5.91 Å². The number of amides is 1. The van der Waals surface area contributed by atoms with E-state index in [1.165, 1.54) is 17.2 Å². The molecule has 5 rings (SSSR count). The highest BCUT2D eigenvalue weighted by atomic mass is 19.4. The van der Waals surface area contributed by atoms with Crippen molar-refractivity contribution in [3.63, 3.8) is 0 Å². The maximum atomic E-state index is 13.3. The van der Waals surface area contributed by atoms with Crippen LogP contribution in [0.1, 0.15) is 49.3 Å². The summed E-state index contributed by atoms with van der Waals surface area (Å²) < 4.78 is 52.0. The van der Waals surface area contributed by atoms with Crippen molar-refractivity contribution < 1.29 is 32.4 Å². The van der Waals surface area contributed by atoms with Crippen molar-refractivity contribution in [2.24, 2.45) is 0 Å². The summed E-state index contributed by atoms with van der Waals surface area (Å²) in [7, 11) is 0. The third-order valence-electron chi connectivity index (χ3n) is 8.68. The minimum Gasteiger partial charge on any atom is -0.488 e. The zero-order valence-corrected chi connectivity index (χ0v) is 23.9. The van der Waals surface area contributed by atoms with Crippen LogP contribution < -0.4 is 10.1 Å². The molecule has 42 heavy (non-hydrogen) atoms. The fourth-order valence-electron chi connectivity index (χ4n) is 6.19. The van der Waals surface area contributed by atoms with Crippen LogP contribution in [0.15, 0.2) is 36.4 Å². The van der Waals surface area contributed by atoms with Crippen LogP contribution in [-0.4, -0.2) is 77.7 Å². The summed E-state index contributed by atoms with van der Waals surface area (Å²) >= 11 is 0. The van der Waals surface area contributed by atoms with Gasteiger partial charge in [0.25, 0.3) is 5.69 Å². The van der Waals surface area contributed by atoms with E-state index in [1.807, 2.05) is 11.0 Å². The lowest BCUT2D eigenvalue weighted by Gasteiger charge is -2.39. The highest BCUT2D eigenvalue weighted by molar-refractivity contribution is 5.77. The Hall–Kier alpha value is -3.38. The van der Waals surface area contributed by atoms with Crippen molar-refractivity contribution in [2.75, 3.05) is 38.1 Å². The van der Waals surface area contributed by atoms with E-state index in [9.17, 15) is 28.1 Å². The fourth-order valence-corrected chi connectivity index (χ4v) is 6.19. The quantitative estimate of drug-likeness (QED) is 0.334. The lowest BCUT2D eigenvalue weighted by atomic mass is 9.92. The number of nitro groups is 1. The van der Waals surface area contributed by atoms with Gasteiger partial charge in [-0.05, 0) is 63.3 Å². The molecule has 2 fully saturated rings. The van der Waals surface area contributed by atoms with Gasteiger partial charge in [-0.3, -0.25) is 19.8 Å². The summed E-state index contributed by atoms with van der Waals surface area (Å²) in [6.07, 6.45) is -1.28. The van der Waals surface area contributed by atoms with Gasteiger partial charge in [-0.2, -0.15) is 13.2 Å². The molecule has 1 saturated heterocycles. The molecule has 0 spiro atoms. The third-order valence-corrected chi connectivity index (χ3v) is 8.68. The monoisotopic (exact) mass is 590 g/mol. The van der Waals surface area contributed by atoms with Crippen molar-refractivity contribution in [1.82, 2.24) is 9.80 Å². The van der Waals surface area contributed by atoms with Crippen LogP contribution in [0.3, 0.4) is 0 Å². The SMILES string of the molecule is Cc1ccc2c(c1)CC(C(C)N1CCN(C(=O)CO[C@H]3CC[C@H](Nc4ccc([N+](=O)[O-])c(C(F)(F)F)c4)CC3)CC1)O2. The number of anilines is 1. The highest BCUT2D eigenvalue weighted by Crippen LogP contribution is 2.38. The van der Waals surface area contributed by atoms with E-state index in [-0.39, 0.29) is 42.5 Å². The van der Waals surface area contributed by atoms with E-state index in [2.05, 4.69) is 36.2 Å². The Balaban J connectivity index is 1.02. The molecule has 2 heterocycles. The molecule has 3 aliphatic rings. The Bertz CT molecular complexity index is 1290. The molecule has 2 unspecified atom stereocenters. The maximum absolute atomic E-state index is 13.3. The number of nitrogens with zero attached hydrogens (tertiary/aromatic N) is 3. The van der Waals surface area contributed by atoms with Crippen molar-refractivity contribution >= 4 is 17.3 Å². The Labute approximate surface area is 243 Å². The molecule has 1 N–H and O–H groups in total. The number of fused-ring (bicyclic) bond motifs is 1. The van der Waals surface area contributed by atoms with Crippen LogP contribution in [0.5, 0.6) is 5.75 Å². The highest BCUT2D eigenvalue weighted by Gasteiger charge is 2.39. The summed E-state index contributed by atoms with van der Waals surface area (Å²) in [4.78, 5) is 27.0. The number of hydrogen-bond acceptors (Lipinski definition) is 7. The van der Waals surface area contributed by atoms with Crippen molar-refractivity contribution in [3.05, 3.63) is 63.2 Å². The molecular formula is C30H37F3N4O5. The summed E-state index contributed by atoms with van der Waals surface area (Å²) in [5.41, 5.74) is 0.449. The van der Waals surface area contributed by atoms with Gasteiger partial charge in [-0.25, -0.2) is 0 Å². The number of halogens is 3. The van der Waals surface area contributed by atoms with Gasteiger partial charge in [0, 0.05) is 56.4 Å². The van der Waals surface area contributed by atoms with Gasteiger partial charge in [0.1, 0.15) is 24.0 Å². The van der Waals surface area contributed by atoms with Gasteiger partial charge in [0.05, 0.1) is 11.0 Å². The largest absolute Gasteiger partial charge is 0.488 e.